The van der Waals surface area contributed by atoms with E-state index in [-0.39, 0.29) is 40.1 Å². The maximum Gasteiger partial charge on any atom is 0.323 e. The number of hydrogen-bond donors (Lipinski definition) is 2. The first kappa shape index (κ1) is 25.2. The lowest BCUT2D eigenvalue weighted by molar-refractivity contribution is -0.137. The monoisotopic (exact) mass is 509 g/mol. The molecule has 0 bridgehead atoms. The van der Waals surface area contributed by atoms with Gasteiger partial charge in [-0.2, -0.15) is 0 Å². The van der Waals surface area contributed by atoms with Gasteiger partial charge < -0.3 is 19.9 Å². The maximum absolute atomic E-state index is 13.7. The minimum Gasteiger partial charge on any atom is -0.480 e. The van der Waals surface area contributed by atoms with Gasteiger partial charge >= 0.3 is 5.97 Å². The Labute approximate surface area is 209 Å². The maximum atomic E-state index is 13.7. The van der Waals surface area contributed by atoms with Crippen molar-refractivity contribution in [2.45, 2.75) is 36.1 Å². The van der Waals surface area contributed by atoms with Gasteiger partial charge in [-0.05, 0) is 42.3 Å². The summed E-state index contributed by atoms with van der Waals surface area (Å²) in [5, 5.41) is 12.2. The molecule has 9 nitrogen and oxygen atoms in total. The van der Waals surface area contributed by atoms with Crippen molar-refractivity contribution in [3.8, 4) is 0 Å². The van der Waals surface area contributed by atoms with Crippen LogP contribution < -0.4 is 5.32 Å². The molecule has 0 saturated carbocycles. The van der Waals surface area contributed by atoms with Crippen LogP contribution in [0.4, 0.5) is 0 Å². The first-order valence-corrected chi connectivity index (χ1v) is 12.9. The van der Waals surface area contributed by atoms with Crippen LogP contribution in [0.15, 0.2) is 58.3 Å². The number of benzene rings is 2. The average molecular weight is 510 g/mol. The van der Waals surface area contributed by atoms with Crippen molar-refractivity contribution in [3.05, 3.63) is 82.2 Å². The lowest BCUT2D eigenvalue weighted by atomic mass is 9.97. The Bertz CT molecular complexity index is 1490. The van der Waals surface area contributed by atoms with Crippen LogP contribution in [0.1, 0.15) is 43.2 Å². The van der Waals surface area contributed by atoms with Crippen molar-refractivity contribution in [1.29, 1.82) is 0 Å². The predicted molar refractivity (Wildman–Crippen MR) is 132 cm³/mol. The molecule has 2 amide bonds. The molecule has 3 aromatic rings. The number of rotatable bonds is 7. The molecular weight excluding hydrogens is 482 g/mol. The number of nitrogens with one attached hydrogen (secondary N) is 1. The number of aliphatic carboxylic acids is 1. The summed E-state index contributed by atoms with van der Waals surface area (Å²) < 4.78 is 29.0. The summed E-state index contributed by atoms with van der Waals surface area (Å²) in [4.78, 5) is 38.1. The fourth-order valence-electron chi connectivity index (χ4n) is 4.62. The van der Waals surface area contributed by atoms with E-state index in [2.05, 4.69) is 5.32 Å². The highest BCUT2D eigenvalue weighted by molar-refractivity contribution is 7.91. The molecule has 188 valence electrons. The zero-order valence-corrected chi connectivity index (χ0v) is 21.1. The third-order valence-corrected chi connectivity index (χ3v) is 8.20. The van der Waals surface area contributed by atoms with E-state index < -0.39 is 15.8 Å². The van der Waals surface area contributed by atoms with E-state index in [0.717, 1.165) is 0 Å². The number of carbonyl (C=O) groups excluding carboxylic acids is 2. The number of aromatic nitrogens is 1. The molecule has 2 aromatic carbocycles. The van der Waals surface area contributed by atoms with Gasteiger partial charge in [-0.15, -0.1) is 0 Å². The minimum absolute atomic E-state index is 0.0115. The Balaban J connectivity index is 1.81. The Morgan fingerprint density at radius 3 is 2.53 bits per heavy atom. The molecule has 2 N–H and O–H groups in total. The topological polar surface area (TPSA) is 126 Å². The van der Waals surface area contributed by atoms with Gasteiger partial charge in [-0.3, -0.25) is 14.4 Å². The van der Waals surface area contributed by atoms with Crippen LogP contribution in [-0.4, -0.2) is 61.4 Å². The molecule has 10 heteroatoms. The second-order valence-electron chi connectivity index (χ2n) is 8.89. The summed E-state index contributed by atoms with van der Waals surface area (Å²) >= 11 is 0. The van der Waals surface area contributed by atoms with E-state index in [1.165, 1.54) is 29.2 Å². The molecule has 2 heterocycles. The highest BCUT2D eigenvalue weighted by Crippen LogP contribution is 2.32. The van der Waals surface area contributed by atoms with Gasteiger partial charge in [0.1, 0.15) is 6.54 Å². The zero-order valence-electron chi connectivity index (χ0n) is 20.2. The minimum atomic E-state index is -4.00. The Hall–Kier alpha value is -3.92. The van der Waals surface area contributed by atoms with Gasteiger partial charge in [0.05, 0.1) is 15.4 Å². The molecular formula is C26H27N3O6S. The first-order valence-electron chi connectivity index (χ1n) is 11.4. The van der Waals surface area contributed by atoms with Crippen LogP contribution in [-0.2, 0) is 34.0 Å². The number of hydrogen-bond acceptors (Lipinski definition) is 5. The van der Waals surface area contributed by atoms with Gasteiger partial charge in [0.25, 0.3) is 11.8 Å². The van der Waals surface area contributed by atoms with Gasteiger partial charge in [-0.25, -0.2) is 8.42 Å². The highest BCUT2D eigenvalue weighted by Gasteiger charge is 2.30. The standard InChI is InChI=1S/C26H27N3O6S/c1-16-20(24-21(11-12-27-25(24)32)29(16)15-23(30)31)14-17-7-4-5-10-22(17)36(34,35)19-9-6-8-18(13-19)26(33)28(2)3/h4-10,13H,11-12,14-15H2,1-3H3,(H,27,32)(H,30,31). The molecule has 0 atom stereocenters. The molecule has 1 aromatic heterocycles. The molecule has 0 fully saturated rings. The summed E-state index contributed by atoms with van der Waals surface area (Å²) in [7, 11) is -0.820. The van der Waals surface area contributed by atoms with Crippen molar-refractivity contribution < 1.29 is 27.9 Å². The predicted octanol–water partition coefficient (Wildman–Crippen LogP) is 2.29. The van der Waals surface area contributed by atoms with Crippen LogP contribution >= 0.6 is 0 Å². The number of carboxylic acids is 1. The Morgan fingerprint density at radius 1 is 1.11 bits per heavy atom. The summed E-state index contributed by atoms with van der Waals surface area (Å²) in [5.41, 5.74) is 2.99. The van der Waals surface area contributed by atoms with Crippen molar-refractivity contribution >= 4 is 27.6 Å². The number of sulfone groups is 1. The number of amides is 2. The van der Waals surface area contributed by atoms with Crippen molar-refractivity contribution in [2.24, 2.45) is 0 Å². The van der Waals surface area contributed by atoms with Crippen LogP contribution in [0.5, 0.6) is 0 Å². The molecule has 36 heavy (non-hydrogen) atoms. The van der Waals surface area contributed by atoms with Crippen LogP contribution in [0, 0.1) is 6.92 Å². The summed E-state index contributed by atoms with van der Waals surface area (Å²) in [6, 6.07) is 12.4. The first-order chi connectivity index (χ1) is 17.0. The molecule has 0 aliphatic carbocycles. The van der Waals surface area contributed by atoms with E-state index in [0.29, 0.717) is 41.0 Å². The summed E-state index contributed by atoms with van der Waals surface area (Å²) in [6.07, 6.45) is 0.613. The summed E-state index contributed by atoms with van der Waals surface area (Å²) in [5.74, 6) is -1.63. The quantitative estimate of drug-likeness (QED) is 0.503. The normalized spacial score (nSPS) is 13.1. The molecule has 1 aliphatic heterocycles. The molecule has 0 radical (unpaired) electrons. The largest absolute Gasteiger partial charge is 0.480 e. The SMILES string of the molecule is Cc1c(Cc2ccccc2S(=O)(=O)c2cccc(C(=O)N(C)C)c2)c2c(n1CC(=O)O)CCNC2=O. The number of carboxylic acid groups (broad SMARTS) is 1. The number of nitrogens with zero attached hydrogens (tertiary/aromatic N) is 2. The second kappa shape index (κ2) is 9.62. The van der Waals surface area contributed by atoms with Gasteiger partial charge in [0, 0.05) is 50.4 Å². The van der Waals surface area contributed by atoms with Crippen molar-refractivity contribution in [1.82, 2.24) is 14.8 Å². The fourth-order valence-corrected chi connectivity index (χ4v) is 6.15. The molecule has 0 spiro atoms. The third kappa shape index (κ3) is 4.51. The lowest BCUT2D eigenvalue weighted by Gasteiger charge is -2.16. The average Bonchev–Trinajstić information content (AvgIpc) is 3.10. The second-order valence-corrected chi connectivity index (χ2v) is 10.8. The van der Waals surface area contributed by atoms with Gasteiger partial charge in [0.15, 0.2) is 0 Å². The molecule has 4 rings (SSSR count). The van der Waals surface area contributed by atoms with E-state index in [1.54, 1.807) is 49.9 Å². The lowest BCUT2D eigenvalue weighted by Crippen LogP contribution is -2.33. The number of fused-ring (bicyclic) bond motifs is 1. The third-order valence-electron chi connectivity index (χ3n) is 6.35. The Morgan fingerprint density at radius 2 is 1.83 bits per heavy atom. The molecule has 1 aliphatic rings. The summed E-state index contributed by atoms with van der Waals surface area (Å²) in [6.45, 7) is 1.87. The van der Waals surface area contributed by atoms with Crippen molar-refractivity contribution in [2.75, 3.05) is 20.6 Å². The van der Waals surface area contributed by atoms with E-state index in [1.807, 2.05) is 0 Å². The van der Waals surface area contributed by atoms with Crippen LogP contribution in [0.3, 0.4) is 0 Å². The van der Waals surface area contributed by atoms with Crippen LogP contribution in [0.2, 0.25) is 0 Å². The molecule has 0 saturated heterocycles. The van der Waals surface area contributed by atoms with Crippen molar-refractivity contribution in [3.63, 3.8) is 0 Å². The molecule has 0 unspecified atom stereocenters. The van der Waals surface area contributed by atoms with E-state index in [4.69, 9.17) is 0 Å². The van der Waals surface area contributed by atoms with Gasteiger partial charge in [-0.1, -0.05) is 24.3 Å². The van der Waals surface area contributed by atoms with E-state index >= 15 is 0 Å². The number of carbonyl (C=O) groups is 3. The smallest absolute Gasteiger partial charge is 0.323 e. The van der Waals surface area contributed by atoms with Gasteiger partial charge in [0.2, 0.25) is 9.84 Å². The fraction of sp³-hybridized carbons (Fsp3) is 0.269. The highest BCUT2D eigenvalue weighted by atomic mass is 32.2. The zero-order chi connectivity index (χ0) is 26.2. The Kier molecular flexibility index (Phi) is 6.73. The van der Waals surface area contributed by atoms with E-state index in [9.17, 15) is 27.9 Å². The van der Waals surface area contributed by atoms with Crippen LogP contribution in [0.25, 0.3) is 0 Å².